The molecule has 2 aromatic heterocycles. The SMILES string of the molecule is CC1(C)Cc2c(sc3nc(SCC(=O)Nc4ccccc4)n(CCc4ccccc4)c(=O)c23)CO1. The van der Waals surface area contributed by atoms with Crippen molar-refractivity contribution in [2.75, 3.05) is 11.1 Å². The van der Waals surface area contributed by atoms with Gasteiger partial charge in [-0.25, -0.2) is 4.98 Å². The molecular weight excluding hydrogens is 478 g/mol. The smallest absolute Gasteiger partial charge is 0.263 e. The number of hydrogen-bond donors (Lipinski definition) is 1. The monoisotopic (exact) mass is 505 g/mol. The third-order valence-corrected chi connectivity index (χ3v) is 8.09. The second kappa shape index (κ2) is 9.97. The van der Waals surface area contributed by atoms with Gasteiger partial charge in [0.2, 0.25) is 5.91 Å². The van der Waals surface area contributed by atoms with E-state index in [1.54, 1.807) is 4.57 Å². The van der Waals surface area contributed by atoms with E-state index in [-0.39, 0.29) is 22.8 Å². The van der Waals surface area contributed by atoms with E-state index in [4.69, 9.17) is 9.72 Å². The number of nitrogens with one attached hydrogen (secondary N) is 1. The Morgan fingerprint density at radius 3 is 2.60 bits per heavy atom. The van der Waals surface area contributed by atoms with Crippen LogP contribution in [0.4, 0.5) is 5.69 Å². The lowest BCUT2D eigenvalue weighted by molar-refractivity contribution is -0.113. The second-order valence-corrected chi connectivity index (χ2v) is 11.2. The first-order valence-corrected chi connectivity index (χ1v) is 13.4. The summed E-state index contributed by atoms with van der Waals surface area (Å²) in [5.41, 5.74) is 2.61. The number of thioether (sulfide) groups is 1. The van der Waals surface area contributed by atoms with Crippen LogP contribution in [0.1, 0.15) is 29.9 Å². The van der Waals surface area contributed by atoms with Crippen molar-refractivity contribution in [2.45, 2.75) is 50.6 Å². The summed E-state index contributed by atoms with van der Waals surface area (Å²) in [4.78, 5) is 33.1. The lowest BCUT2D eigenvalue weighted by atomic mass is 9.94. The third kappa shape index (κ3) is 5.34. The molecule has 5 rings (SSSR count). The number of para-hydroxylation sites is 1. The van der Waals surface area contributed by atoms with Crippen molar-refractivity contribution in [1.82, 2.24) is 9.55 Å². The summed E-state index contributed by atoms with van der Waals surface area (Å²) in [6.07, 6.45) is 1.39. The molecule has 0 saturated heterocycles. The highest BCUT2D eigenvalue weighted by Gasteiger charge is 2.31. The van der Waals surface area contributed by atoms with Crippen LogP contribution in [0.3, 0.4) is 0 Å². The molecular formula is C27H27N3O3S2. The number of fused-ring (bicyclic) bond motifs is 3. The Kier molecular flexibility index (Phi) is 6.77. The van der Waals surface area contributed by atoms with Gasteiger partial charge in [0.15, 0.2) is 5.16 Å². The van der Waals surface area contributed by atoms with Gasteiger partial charge in [0.1, 0.15) is 4.83 Å². The summed E-state index contributed by atoms with van der Waals surface area (Å²) in [6.45, 7) is 5.10. The highest BCUT2D eigenvalue weighted by atomic mass is 32.2. The molecule has 1 amide bonds. The van der Waals surface area contributed by atoms with Crippen LogP contribution < -0.4 is 10.9 Å². The van der Waals surface area contributed by atoms with Gasteiger partial charge in [0.25, 0.3) is 5.56 Å². The number of carbonyl (C=O) groups is 1. The first-order chi connectivity index (χ1) is 16.9. The van der Waals surface area contributed by atoms with E-state index in [0.717, 1.165) is 26.5 Å². The van der Waals surface area contributed by atoms with Crippen molar-refractivity contribution in [3.63, 3.8) is 0 Å². The van der Waals surface area contributed by atoms with Crippen LogP contribution in [0.2, 0.25) is 0 Å². The van der Waals surface area contributed by atoms with Gasteiger partial charge >= 0.3 is 0 Å². The number of nitrogens with zero attached hydrogens (tertiary/aromatic N) is 2. The van der Waals surface area contributed by atoms with Crippen molar-refractivity contribution < 1.29 is 9.53 Å². The molecule has 0 aliphatic carbocycles. The zero-order valence-electron chi connectivity index (χ0n) is 19.7. The molecule has 180 valence electrons. The maximum Gasteiger partial charge on any atom is 0.263 e. The average Bonchev–Trinajstić information content (AvgIpc) is 3.20. The number of anilines is 1. The minimum Gasteiger partial charge on any atom is -0.370 e. The predicted molar refractivity (Wildman–Crippen MR) is 142 cm³/mol. The van der Waals surface area contributed by atoms with Gasteiger partial charge < -0.3 is 10.1 Å². The first kappa shape index (κ1) is 23.8. The van der Waals surface area contributed by atoms with Crippen LogP contribution >= 0.6 is 23.1 Å². The van der Waals surface area contributed by atoms with Crippen molar-refractivity contribution in [1.29, 1.82) is 0 Å². The Hall–Kier alpha value is -2.94. The van der Waals surface area contributed by atoms with Gasteiger partial charge in [-0.1, -0.05) is 60.3 Å². The minimum atomic E-state index is -0.314. The number of aromatic nitrogens is 2. The maximum absolute atomic E-state index is 13.8. The molecule has 6 nitrogen and oxygen atoms in total. The molecule has 0 atom stereocenters. The molecule has 0 radical (unpaired) electrons. The van der Waals surface area contributed by atoms with E-state index in [1.165, 1.54) is 23.1 Å². The molecule has 0 unspecified atom stereocenters. The highest BCUT2D eigenvalue weighted by Crippen LogP contribution is 2.37. The molecule has 35 heavy (non-hydrogen) atoms. The van der Waals surface area contributed by atoms with Crippen molar-refractivity contribution in [3.8, 4) is 0 Å². The molecule has 1 aliphatic rings. The van der Waals surface area contributed by atoms with E-state index in [1.807, 2.05) is 48.5 Å². The predicted octanol–water partition coefficient (Wildman–Crippen LogP) is 5.28. The summed E-state index contributed by atoms with van der Waals surface area (Å²) >= 11 is 2.83. The fraction of sp³-hybridized carbons (Fsp3) is 0.296. The Bertz CT molecular complexity index is 1410. The Morgan fingerprint density at radius 2 is 1.86 bits per heavy atom. The molecule has 1 N–H and O–H groups in total. The van der Waals surface area contributed by atoms with Crippen LogP contribution in [0.25, 0.3) is 10.2 Å². The second-order valence-electron chi connectivity index (χ2n) is 9.20. The lowest BCUT2D eigenvalue weighted by Gasteiger charge is -2.29. The van der Waals surface area contributed by atoms with Crippen molar-refractivity contribution in [3.05, 3.63) is 87.0 Å². The molecule has 1 aliphatic heterocycles. The van der Waals surface area contributed by atoms with E-state index < -0.39 is 0 Å². The largest absolute Gasteiger partial charge is 0.370 e. The standard InChI is InChI=1S/C27H27N3O3S2/c1-27(2)15-20-21(16-33-27)35-24-23(20)25(32)30(14-13-18-9-5-3-6-10-18)26(29-24)34-17-22(31)28-19-11-7-4-8-12-19/h3-12H,13-17H2,1-2H3,(H,28,31). The van der Waals surface area contributed by atoms with Gasteiger partial charge in [-0.2, -0.15) is 0 Å². The number of thiophene rings is 1. The summed E-state index contributed by atoms with van der Waals surface area (Å²) in [5.74, 6) is 0.0325. The molecule has 0 fully saturated rings. The number of ether oxygens (including phenoxy) is 1. The zero-order valence-corrected chi connectivity index (χ0v) is 21.4. The van der Waals surface area contributed by atoms with E-state index >= 15 is 0 Å². The van der Waals surface area contributed by atoms with Crippen molar-refractivity contribution >= 4 is 44.9 Å². The minimum absolute atomic E-state index is 0.0351. The molecule has 0 bridgehead atoms. The summed E-state index contributed by atoms with van der Waals surface area (Å²) in [6, 6.07) is 19.5. The van der Waals surface area contributed by atoms with Crippen LogP contribution in [0.5, 0.6) is 0 Å². The first-order valence-electron chi connectivity index (χ1n) is 11.6. The topological polar surface area (TPSA) is 73.2 Å². The quantitative estimate of drug-likeness (QED) is 0.273. The fourth-order valence-electron chi connectivity index (χ4n) is 4.25. The van der Waals surface area contributed by atoms with E-state index in [2.05, 4.69) is 31.3 Å². The number of aryl methyl sites for hydroxylation is 1. The number of amides is 1. The van der Waals surface area contributed by atoms with Crippen LogP contribution in [0.15, 0.2) is 70.6 Å². The molecule has 3 heterocycles. The number of carbonyl (C=O) groups excluding carboxylic acids is 1. The van der Waals surface area contributed by atoms with Gasteiger partial charge in [0.05, 0.1) is 23.3 Å². The summed E-state index contributed by atoms with van der Waals surface area (Å²) < 4.78 is 7.72. The third-order valence-electron chi connectivity index (χ3n) is 6.01. The summed E-state index contributed by atoms with van der Waals surface area (Å²) in [7, 11) is 0. The number of rotatable bonds is 7. The molecule has 4 aromatic rings. The lowest BCUT2D eigenvalue weighted by Crippen LogP contribution is -2.32. The zero-order chi connectivity index (χ0) is 24.4. The molecule has 0 spiro atoms. The highest BCUT2D eigenvalue weighted by molar-refractivity contribution is 7.99. The van der Waals surface area contributed by atoms with Crippen LogP contribution in [-0.4, -0.2) is 26.8 Å². The number of hydrogen-bond acceptors (Lipinski definition) is 6. The average molecular weight is 506 g/mol. The van der Waals surface area contributed by atoms with E-state index in [9.17, 15) is 9.59 Å². The maximum atomic E-state index is 13.8. The van der Waals surface area contributed by atoms with Gasteiger partial charge in [-0.15, -0.1) is 11.3 Å². The van der Waals surface area contributed by atoms with Gasteiger partial charge in [-0.05, 0) is 43.5 Å². The summed E-state index contributed by atoms with van der Waals surface area (Å²) in [5, 5.41) is 4.17. The fourth-order valence-corrected chi connectivity index (χ4v) is 6.22. The molecule has 8 heteroatoms. The normalized spacial score (nSPS) is 14.6. The van der Waals surface area contributed by atoms with Crippen molar-refractivity contribution in [2.24, 2.45) is 0 Å². The number of benzene rings is 2. The van der Waals surface area contributed by atoms with Crippen LogP contribution in [0, 0.1) is 0 Å². The molecule has 0 saturated carbocycles. The van der Waals surface area contributed by atoms with Gasteiger partial charge in [0, 0.05) is 23.5 Å². The Balaban J connectivity index is 1.47. The van der Waals surface area contributed by atoms with E-state index in [0.29, 0.717) is 36.5 Å². The van der Waals surface area contributed by atoms with Crippen LogP contribution in [-0.2, 0) is 35.5 Å². The Labute approximate surface area is 212 Å². The Morgan fingerprint density at radius 1 is 1.14 bits per heavy atom. The van der Waals surface area contributed by atoms with Gasteiger partial charge in [-0.3, -0.25) is 14.2 Å². The molecule has 2 aromatic carbocycles.